The summed E-state index contributed by atoms with van der Waals surface area (Å²) in [6.07, 6.45) is -0.191. The van der Waals surface area contributed by atoms with Gasteiger partial charge in [-0.25, -0.2) is 19.6 Å². The number of nitrogens with one attached hydrogen (secondary N) is 2. The smallest absolute Gasteiger partial charge is 0.331 e. The van der Waals surface area contributed by atoms with Crippen molar-refractivity contribution >= 4 is 76.2 Å². The zero-order valence-corrected chi connectivity index (χ0v) is 38.8. The minimum absolute atomic E-state index is 0.0328. The van der Waals surface area contributed by atoms with Crippen molar-refractivity contribution in [3.8, 4) is 0 Å². The summed E-state index contributed by atoms with van der Waals surface area (Å²) in [4.78, 5) is 121. The first kappa shape index (κ1) is 53.1. The Morgan fingerprint density at radius 1 is 0.636 bits per heavy atom. The molecule has 360 valence electrons. The van der Waals surface area contributed by atoms with Crippen molar-refractivity contribution in [2.24, 2.45) is 16.2 Å². The lowest BCUT2D eigenvalue weighted by atomic mass is 9.97. The number of benzene rings is 1. The largest absolute Gasteiger partial charge is 0.428 e. The van der Waals surface area contributed by atoms with Gasteiger partial charge in [0.2, 0.25) is 32.2 Å². The normalized spacial score (nSPS) is 12.5. The molecule has 0 saturated carbocycles. The Morgan fingerprint density at radius 3 is 1.64 bits per heavy atom. The van der Waals surface area contributed by atoms with E-state index < -0.39 is 109 Å². The van der Waals surface area contributed by atoms with Crippen LogP contribution >= 0.6 is 0 Å². The number of carbonyl (C=O) groups is 8. The van der Waals surface area contributed by atoms with Crippen LogP contribution in [0.3, 0.4) is 0 Å². The molecule has 0 aliphatic heterocycles. The van der Waals surface area contributed by atoms with E-state index in [1.54, 1.807) is 81.5 Å². The summed E-state index contributed by atoms with van der Waals surface area (Å²) in [6.45, 7) is 12.4. The van der Waals surface area contributed by atoms with Crippen LogP contribution in [-0.4, -0.2) is 107 Å². The second kappa shape index (κ2) is 23.1. The lowest BCUT2D eigenvalue weighted by Crippen LogP contribution is -2.45. The molecule has 66 heavy (non-hydrogen) atoms. The highest BCUT2D eigenvalue weighted by Crippen LogP contribution is 2.21. The van der Waals surface area contributed by atoms with E-state index >= 15 is 0 Å². The Labute approximate surface area is 381 Å². The number of hydrogen-bond donors (Lipinski definition) is 4. The van der Waals surface area contributed by atoms with E-state index in [0.717, 1.165) is 0 Å². The van der Waals surface area contributed by atoms with Gasteiger partial charge in [0, 0.05) is 31.1 Å². The molecule has 2 amide bonds. The van der Waals surface area contributed by atoms with Crippen LogP contribution in [0.5, 0.6) is 0 Å². The second-order valence-corrected chi connectivity index (χ2v) is 18.0. The number of nitrogens with zero attached hydrogens (tertiary/aromatic N) is 5. The Hall–Kier alpha value is -7.20. The molecule has 23 heteroatoms. The van der Waals surface area contributed by atoms with Gasteiger partial charge in [-0.1, -0.05) is 0 Å². The molecule has 0 saturated heterocycles. The minimum atomic E-state index is -1.50. The Morgan fingerprint density at radius 2 is 1.12 bits per heavy atom. The van der Waals surface area contributed by atoms with Gasteiger partial charge in [0.1, 0.15) is 12.1 Å². The number of rotatable bonds is 20. The minimum Gasteiger partial charge on any atom is -0.428 e. The third kappa shape index (κ3) is 17.1. The first-order valence-corrected chi connectivity index (χ1v) is 20.6. The average Bonchev–Trinajstić information content (AvgIpc) is 3.22. The summed E-state index contributed by atoms with van der Waals surface area (Å²) >= 11 is 0. The summed E-state index contributed by atoms with van der Waals surface area (Å²) in [5, 5.41) is 4.96. The first-order chi connectivity index (χ1) is 30.6. The number of nitrogen functional groups attached to an aromatic ring is 2. The number of nitrogens with two attached hydrogens (primary N) is 2. The van der Waals surface area contributed by atoms with E-state index in [1.807, 2.05) is 4.90 Å². The molecule has 2 heterocycles. The van der Waals surface area contributed by atoms with Crippen LogP contribution in [0.2, 0.25) is 0 Å². The van der Waals surface area contributed by atoms with E-state index in [2.05, 4.69) is 30.6 Å². The van der Waals surface area contributed by atoms with Gasteiger partial charge < -0.3 is 55.4 Å². The van der Waals surface area contributed by atoms with Gasteiger partial charge in [-0.15, -0.1) is 0 Å². The third-order valence-electron chi connectivity index (χ3n) is 9.01. The maximum Gasteiger partial charge on any atom is 0.331 e. The molecule has 0 fully saturated rings. The zero-order valence-electron chi connectivity index (χ0n) is 38.8. The van der Waals surface area contributed by atoms with Gasteiger partial charge in [-0.3, -0.25) is 28.8 Å². The van der Waals surface area contributed by atoms with Crippen molar-refractivity contribution < 1.29 is 66.8 Å². The molecule has 0 bridgehead atoms. The monoisotopic (exact) mass is 925 g/mol. The van der Waals surface area contributed by atoms with Crippen molar-refractivity contribution in [2.75, 3.05) is 43.8 Å². The van der Waals surface area contributed by atoms with Crippen LogP contribution in [0.4, 0.5) is 17.5 Å². The molecule has 0 aliphatic carbocycles. The van der Waals surface area contributed by atoms with Gasteiger partial charge in [-0.05, 0) is 99.4 Å². The molecule has 0 radical (unpaired) electrons. The number of ether oxygens (including phenoxy) is 6. The average molecular weight is 926 g/mol. The highest BCUT2D eigenvalue weighted by atomic mass is 16.7. The fourth-order valence-electron chi connectivity index (χ4n) is 5.16. The lowest BCUT2D eigenvalue weighted by Gasteiger charge is -2.21. The van der Waals surface area contributed by atoms with Gasteiger partial charge in [0.25, 0.3) is 5.91 Å². The predicted molar refractivity (Wildman–Crippen MR) is 234 cm³/mol. The number of amides is 2. The summed E-state index contributed by atoms with van der Waals surface area (Å²) < 4.78 is 30.1. The van der Waals surface area contributed by atoms with Gasteiger partial charge in [0.05, 0.1) is 34.7 Å². The van der Waals surface area contributed by atoms with E-state index in [1.165, 1.54) is 18.3 Å². The van der Waals surface area contributed by atoms with E-state index in [4.69, 9.17) is 39.9 Å². The van der Waals surface area contributed by atoms with Crippen LogP contribution in [0.15, 0.2) is 30.5 Å². The van der Waals surface area contributed by atoms with Gasteiger partial charge in [0.15, 0.2) is 17.0 Å². The molecule has 2 atom stereocenters. The fourth-order valence-corrected chi connectivity index (χ4v) is 5.16. The van der Waals surface area contributed by atoms with Crippen molar-refractivity contribution in [1.29, 1.82) is 0 Å². The number of esters is 6. The molecule has 0 spiro atoms. The van der Waals surface area contributed by atoms with Crippen molar-refractivity contribution in [3.63, 3.8) is 0 Å². The maximum absolute atomic E-state index is 13.5. The molecule has 3 rings (SSSR count). The summed E-state index contributed by atoms with van der Waals surface area (Å²) in [5.74, 6) is -6.50. The SMILES string of the molecule is CN(Cc1cnc2nc(N)nc(N)c2n1)c1ccc(C(=O)N[C@@H](CCC(=O)N[C@@H](CCC(=O)OCOC(=O)C(C)(C)C)C(=O)OCOC(=O)C(C)(C)C)C(=O)OCOC(=O)C(C)(C)C)cc1. The molecule has 2 aromatic heterocycles. The van der Waals surface area contributed by atoms with E-state index in [9.17, 15) is 38.4 Å². The highest BCUT2D eigenvalue weighted by Gasteiger charge is 2.30. The van der Waals surface area contributed by atoms with Crippen LogP contribution in [0.1, 0.15) is 104 Å². The third-order valence-corrected chi connectivity index (χ3v) is 9.01. The van der Waals surface area contributed by atoms with E-state index in [0.29, 0.717) is 11.4 Å². The highest BCUT2D eigenvalue weighted by molar-refractivity contribution is 5.97. The summed E-state index contributed by atoms with van der Waals surface area (Å²) in [6, 6.07) is 3.30. The van der Waals surface area contributed by atoms with Gasteiger partial charge in [-0.2, -0.15) is 9.97 Å². The van der Waals surface area contributed by atoms with Crippen LogP contribution < -0.4 is 27.0 Å². The Kier molecular flexibility index (Phi) is 18.6. The van der Waals surface area contributed by atoms with Crippen molar-refractivity contribution in [2.45, 2.75) is 107 Å². The molecule has 0 aliphatic rings. The topological polar surface area (TPSA) is 323 Å². The van der Waals surface area contributed by atoms with E-state index in [-0.39, 0.29) is 47.9 Å². The molecule has 1 aromatic carbocycles. The molecule has 6 N–H and O–H groups in total. The Balaban J connectivity index is 1.72. The van der Waals surface area contributed by atoms with Crippen molar-refractivity contribution in [3.05, 3.63) is 41.7 Å². The number of carbonyl (C=O) groups excluding carboxylic acids is 8. The van der Waals surface area contributed by atoms with Crippen LogP contribution in [0, 0.1) is 16.2 Å². The first-order valence-electron chi connectivity index (χ1n) is 20.6. The number of fused-ring (bicyclic) bond motifs is 1. The predicted octanol–water partition coefficient (Wildman–Crippen LogP) is 2.63. The standard InChI is InChI=1S/C43H59N9O14/c1-41(2,3)37(58)64-21-61-30(54)18-16-27(35(56)62-22-65-38(59)42(4,5)6)48-29(53)17-15-28(36(57)63-23-66-39(60)43(7,8)9)49-34(55)24-11-13-26(14-12-24)52(10)20-25-19-46-33-31(47-25)32(44)50-40(45)51-33/h11-14,19,27-28H,15-18,20-23H2,1-10H3,(H,48,53)(H,49,55)(H4,44,45,46,50,51)/t27-,28-/m0/s1. The number of anilines is 3. The van der Waals surface area contributed by atoms with Crippen molar-refractivity contribution in [1.82, 2.24) is 30.6 Å². The van der Waals surface area contributed by atoms with Gasteiger partial charge >= 0.3 is 35.8 Å². The number of hydrogen-bond acceptors (Lipinski definition) is 21. The molecular weight excluding hydrogens is 867 g/mol. The molecular formula is C43H59N9O14. The Bertz CT molecular complexity index is 2250. The maximum atomic E-state index is 13.5. The van der Waals surface area contributed by atoms with Crippen LogP contribution in [-0.2, 0) is 68.5 Å². The fraction of sp³-hybridized carbons (Fsp3) is 0.535. The second-order valence-electron chi connectivity index (χ2n) is 18.0. The summed E-state index contributed by atoms with van der Waals surface area (Å²) in [5.41, 5.74) is 10.8. The molecule has 0 unspecified atom stereocenters. The zero-order chi connectivity index (χ0) is 49.6. The molecule has 3 aromatic rings. The number of aromatic nitrogens is 4. The quantitative estimate of drug-likeness (QED) is 0.0719. The lowest BCUT2D eigenvalue weighted by molar-refractivity contribution is -0.176. The summed E-state index contributed by atoms with van der Waals surface area (Å²) in [7, 11) is 1.78. The van der Waals surface area contributed by atoms with Crippen LogP contribution in [0.25, 0.3) is 11.2 Å². The molecule has 23 nitrogen and oxygen atoms in total.